The minimum Gasteiger partial charge on any atom is -0.447 e. The quantitative estimate of drug-likeness (QED) is 0.853. The van der Waals surface area contributed by atoms with Gasteiger partial charge < -0.3 is 20.1 Å². The molecular weight excluding hydrogens is 277 g/mol. The summed E-state index contributed by atoms with van der Waals surface area (Å²) in [5, 5.41) is 12.5. The van der Waals surface area contributed by atoms with Crippen LogP contribution in [0.3, 0.4) is 0 Å². The van der Waals surface area contributed by atoms with E-state index in [1.165, 1.54) is 11.0 Å². The van der Waals surface area contributed by atoms with Crippen LogP contribution in [-0.4, -0.2) is 56.6 Å². The molecule has 1 aromatic carbocycles. The van der Waals surface area contributed by atoms with E-state index >= 15 is 0 Å². The number of piperazine rings is 1. The zero-order chi connectivity index (χ0) is 14.8. The predicted octanol–water partition coefficient (Wildman–Crippen LogP) is 0.553. The Balaban J connectivity index is 1.85. The number of hydrogen-bond donors (Lipinski definition) is 2. The summed E-state index contributed by atoms with van der Waals surface area (Å²) in [5.41, 5.74) is 0.946. The van der Waals surface area contributed by atoms with Crippen molar-refractivity contribution in [2.24, 2.45) is 0 Å². The number of carbonyl (C=O) groups excluding carboxylic acids is 1. The van der Waals surface area contributed by atoms with E-state index in [9.17, 15) is 14.3 Å². The molecule has 6 nitrogen and oxygen atoms in total. The number of ether oxygens (including phenoxy) is 1. The fraction of sp³-hybridized carbons (Fsp3) is 0.500. The zero-order valence-corrected chi connectivity index (χ0v) is 11.6. The van der Waals surface area contributed by atoms with Gasteiger partial charge in [-0.2, -0.15) is 0 Å². The summed E-state index contributed by atoms with van der Waals surface area (Å²) in [4.78, 5) is 15.0. The molecule has 1 aromatic rings. The second kappa shape index (κ2) is 5.87. The lowest BCUT2D eigenvalue weighted by Crippen LogP contribution is -2.44. The molecule has 0 unspecified atom stereocenters. The normalized spacial score (nSPS) is 22.6. The zero-order valence-electron chi connectivity index (χ0n) is 11.6. The Morgan fingerprint density at radius 2 is 2.14 bits per heavy atom. The Bertz CT molecular complexity index is 534. The molecule has 0 spiro atoms. The van der Waals surface area contributed by atoms with Crippen LogP contribution < -0.4 is 15.1 Å². The van der Waals surface area contributed by atoms with Gasteiger partial charge in [-0.15, -0.1) is 0 Å². The van der Waals surface area contributed by atoms with Crippen LogP contribution in [0.15, 0.2) is 18.2 Å². The van der Waals surface area contributed by atoms with Crippen LogP contribution in [0.4, 0.5) is 20.6 Å². The molecule has 1 amide bonds. The third kappa shape index (κ3) is 2.66. The van der Waals surface area contributed by atoms with Gasteiger partial charge in [0, 0.05) is 26.2 Å². The van der Waals surface area contributed by atoms with E-state index in [-0.39, 0.29) is 19.0 Å². The standard InChI is InChI=1S/C14H18FN3O3/c15-12-7-10(18-11(8-19)9-21-14(18)20)1-2-13(12)17-5-3-16-4-6-17/h1-2,7,11,16,19H,3-6,8-9H2/t11-/m1/s1. The fourth-order valence-electron chi connectivity index (χ4n) is 2.72. The highest BCUT2D eigenvalue weighted by molar-refractivity contribution is 5.90. The number of carbonyl (C=O) groups is 1. The number of amides is 1. The molecule has 0 saturated carbocycles. The number of rotatable bonds is 3. The maximum absolute atomic E-state index is 14.3. The SMILES string of the molecule is O=C1OC[C@@H](CO)N1c1ccc(N2CCNCC2)c(F)c1. The third-order valence-electron chi connectivity index (χ3n) is 3.84. The number of benzene rings is 1. The molecule has 7 heteroatoms. The van der Waals surface area contributed by atoms with Crippen molar-refractivity contribution < 1.29 is 19.0 Å². The number of hydrogen-bond acceptors (Lipinski definition) is 5. The van der Waals surface area contributed by atoms with E-state index in [0.717, 1.165) is 26.2 Å². The third-order valence-corrected chi connectivity index (χ3v) is 3.84. The Hall–Kier alpha value is -1.86. The molecule has 1 atom stereocenters. The van der Waals surface area contributed by atoms with Gasteiger partial charge in [0.2, 0.25) is 0 Å². The van der Waals surface area contributed by atoms with E-state index in [1.54, 1.807) is 12.1 Å². The van der Waals surface area contributed by atoms with Crippen molar-refractivity contribution >= 4 is 17.5 Å². The van der Waals surface area contributed by atoms with Crippen LogP contribution in [0.2, 0.25) is 0 Å². The Kier molecular flexibility index (Phi) is 3.94. The molecule has 2 aliphatic heterocycles. The largest absolute Gasteiger partial charge is 0.447 e. The number of nitrogens with zero attached hydrogens (tertiary/aromatic N) is 2. The number of halogens is 1. The van der Waals surface area contributed by atoms with Crippen LogP contribution in [0.25, 0.3) is 0 Å². The van der Waals surface area contributed by atoms with Gasteiger partial charge in [-0.05, 0) is 18.2 Å². The molecule has 2 saturated heterocycles. The lowest BCUT2D eigenvalue weighted by atomic mass is 10.2. The second-order valence-corrected chi connectivity index (χ2v) is 5.16. The van der Waals surface area contributed by atoms with Crippen molar-refractivity contribution in [2.45, 2.75) is 6.04 Å². The van der Waals surface area contributed by atoms with Crippen LogP contribution >= 0.6 is 0 Å². The molecular formula is C14H18FN3O3. The highest BCUT2D eigenvalue weighted by atomic mass is 19.1. The summed E-state index contributed by atoms with van der Waals surface area (Å²) >= 11 is 0. The number of nitrogens with one attached hydrogen (secondary N) is 1. The summed E-state index contributed by atoms with van der Waals surface area (Å²) in [6.07, 6.45) is -0.552. The molecule has 2 N–H and O–H groups in total. The molecule has 3 rings (SSSR count). The van der Waals surface area contributed by atoms with Gasteiger partial charge in [-0.1, -0.05) is 0 Å². The Morgan fingerprint density at radius 3 is 2.81 bits per heavy atom. The van der Waals surface area contributed by atoms with E-state index in [4.69, 9.17) is 4.74 Å². The Morgan fingerprint density at radius 1 is 1.38 bits per heavy atom. The van der Waals surface area contributed by atoms with Gasteiger partial charge in [0.25, 0.3) is 0 Å². The highest BCUT2D eigenvalue weighted by Gasteiger charge is 2.34. The summed E-state index contributed by atoms with van der Waals surface area (Å²) in [7, 11) is 0. The first kappa shape index (κ1) is 14.1. The number of aliphatic hydroxyl groups excluding tert-OH is 1. The number of cyclic esters (lactones) is 1. The first-order valence-corrected chi connectivity index (χ1v) is 7.03. The van der Waals surface area contributed by atoms with Gasteiger partial charge >= 0.3 is 6.09 Å². The summed E-state index contributed by atoms with van der Waals surface area (Å²) in [6.45, 7) is 3.06. The average Bonchev–Trinajstić information content (AvgIpc) is 2.89. The second-order valence-electron chi connectivity index (χ2n) is 5.16. The summed E-state index contributed by atoms with van der Waals surface area (Å²) in [5.74, 6) is -0.370. The van der Waals surface area contributed by atoms with E-state index in [2.05, 4.69) is 5.32 Å². The number of aliphatic hydroxyl groups is 1. The fourth-order valence-corrected chi connectivity index (χ4v) is 2.72. The Labute approximate surface area is 122 Å². The smallest absolute Gasteiger partial charge is 0.414 e. The number of anilines is 2. The van der Waals surface area contributed by atoms with Crippen LogP contribution in [-0.2, 0) is 4.74 Å². The van der Waals surface area contributed by atoms with Gasteiger partial charge in [0.05, 0.1) is 24.0 Å². The molecule has 2 heterocycles. The molecule has 21 heavy (non-hydrogen) atoms. The highest BCUT2D eigenvalue weighted by Crippen LogP contribution is 2.28. The van der Waals surface area contributed by atoms with E-state index in [1.807, 2.05) is 4.90 Å². The predicted molar refractivity (Wildman–Crippen MR) is 76.2 cm³/mol. The minimum atomic E-state index is -0.552. The van der Waals surface area contributed by atoms with Crippen molar-refractivity contribution in [1.29, 1.82) is 0 Å². The van der Waals surface area contributed by atoms with Crippen LogP contribution in [0, 0.1) is 5.82 Å². The van der Waals surface area contributed by atoms with Crippen LogP contribution in [0.5, 0.6) is 0 Å². The minimum absolute atomic E-state index is 0.122. The molecule has 0 aliphatic carbocycles. The van der Waals surface area contributed by atoms with Crippen molar-refractivity contribution in [3.63, 3.8) is 0 Å². The van der Waals surface area contributed by atoms with Gasteiger partial charge in [0.15, 0.2) is 0 Å². The van der Waals surface area contributed by atoms with Gasteiger partial charge in [-0.25, -0.2) is 9.18 Å². The molecule has 114 valence electrons. The molecule has 2 fully saturated rings. The van der Waals surface area contributed by atoms with Gasteiger partial charge in [0.1, 0.15) is 12.4 Å². The van der Waals surface area contributed by atoms with Crippen molar-refractivity contribution in [3.05, 3.63) is 24.0 Å². The topological polar surface area (TPSA) is 65.0 Å². The summed E-state index contributed by atoms with van der Waals surface area (Å²) < 4.78 is 19.2. The maximum Gasteiger partial charge on any atom is 0.414 e. The lowest BCUT2D eigenvalue weighted by molar-refractivity contribution is 0.174. The van der Waals surface area contributed by atoms with Crippen LogP contribution in [0.1, 0.15) is 0 Å². The molecule has 0 radical (unpaired) electrons. The van der Waals surface area contributed by atoms with E-state index in [0.29, 0.717) is 11.4 Å². The van der Waals surface area contributed by atoms with Gasteiger partial charge in [-0.3, -0.25) is 4.90 Å². The average molecular weight is 295 g/mol. The van der Waals surface area contributed by atoms with E-state index < -0.39 is 12.1 Å². The van der Waals surface area contributed by atoms with Crippen molar-refractivity contribution in [2.75, 3.05) is 49.2 Å². The molecule has 2 aliphatic rings. The van der Waals surface area contributed by atoms with Crippen molar-refractivity contribution in [1.82, 2.24) is 5.32 Å². The molecule has 0 bridgehead atoms. The summed E-state index contributed by atoms with van der Waals surface area (Å²) in [6, 6.07) is 4.24. The lowest BCUT2D eigenvalue weighted by Gasteiger charge is -2.30. The maximum atomic E-state index is 14.3. The monoisotopic (exact) mass is 295 g/mol. The first-order valence-electron chi connectivity index (χ1n) is 7.03. The van der Waals surface area contributed by atoms with Crippen molar-refractivity contribution in [3.8, 4) is 0 Å². The molecule has 0 aromatic heterocycles. The first-order chi connectivity index (χ1) is 10.2.